The van der Waals surface area contributed by atoms with Crippen LogP contribution in [0.2, 0.25) is 0 Å². The molecule has 0 spiro atoms. The van der Waals surface area contributed by atoms with Crippen LogP contribution in [0.25, 0.3) is 0 Å². The number of carbonyl (C=O) groups is 2. The van der Waals surface area contributed by atoms with Crippen LogP contribution in [0.1, 0.15) is 10.4 Å². The van der Waals surface area contributed by atoms with Gasteiger partial charge in [0.2, 0.25) is 0 Å². The first kappa shape index (κ1) is 10.6. The molecular formula is C8H6BrFN2O2. The Morgan fingerprint density at radius 2 is 2.07 bits per heavy atom. The van der Waals surface area contributed by atoms with Crippen molar-refractivity contribution in [1.29, 1.82) is 0 Å². The molecule has 0 saturated heterocycles. The van der Waals surface area contributed by atoms with E-state index in [1.807, 2.05) is 5.32 Å². The minimum Gasteiger partial charge on any atom is -0.351 e. The third-order valence-corrected chi connectivity index (χ3v) is 2.06. The van der Waals surface area contributed by atoms with E-state index in [-0.39, 0.29) is 10.0 Å². The molecule has 0 atom stereocenters. The summed E-state index contributed by atoms with van der Waals surface area (Å²) in [7, 11) is 0. The van der Waals surface area contributed by atoms with Gasteiger partial charge in [-0.2, -0.15) is 0 Å². The molecule has 0 heterocycles. The maximum Gasteiger partial charge on any atom is 0.319 e. The zero-order valence-corrected chi connectivity index (χ0v) is 8.47. The summed E-state index contributed by atoms with van der Waals surface area (Å²) in [5.74, 6) is -1.31. The van der Waals surface area contributed by atoms with Crippen LogP contribution in [-0.2, 0) is 0 Å². The number of hydrogen-bond donors (Lipinski definition) is 2. The summed E-state index contributed by atoms with van der Waals surface area (Å²) in [6, 6.07) is 2.76. The van der Waals surface area contributed by atoms with Crippen molar-refractivity contribution in [2.75, 3.05) is 0 Å². The van der Waals surface area contributed by atoms with Crippen molar-refractivity contribution >= 4 is 27.9 Å². The highest BCUT2D eigenvalue weighted by Crippen LogP contribution is 2.16. The van der Waals surface area contributed by atoms with Crippen molar-refractivity contribution in [3.05, 3.63) is 34.1 Å². The predicted molar refractivity (Wildman–Crippen MR) is 51.1 cm³/mol. The zero-order chi connectivity index (χ0) is 10.7. The second-order valence-electron chi connectivity index (χ2n) is 2.45. The Hall–Kier alpha value is -1.43. The molecule has 0 saturated carbocycles. The van der Waals surface area contributed by atoms with E-state index >= 15 is 0 Å². The lowest BCUT2D eigenvalue weighted by molar-refractivity contribution is 0.0965. The number of nitrogens with two attached hydrogens (primary N) is 1. The third-order valence-electron chi connectivity index (χ3n) is 1.42. The van der Waals surface area contributed by atoms with Crippen molar-refractivity contribution in [1.82, 2.24) is 5.32 Å². The highest BCUT2D eigenvalue weighted by Gasteiger charge is 2.09. The van der Waals surface area contributed by atoms with Crippen LogP contribution >= 0.6 is 15.9 Å². The molecule has 0 aliphatic rings. The van der Waals surface area contributed by atoms with Gasteiger partial charge in [-0.05, 0) is 34.1 Å². The van der Waals surface area contributed by atoms with Crippen molar-refractivity contribution in [2.24, 2.45) is 5.73 Å². The van der Waals surface area contributed by atoms with E-state index in [1.165, 1.54) is 12.1 Å². The van der Waals surface area contributed by atoms with Gasteiger partial charge in [0, 0.05) is 5.56 Å². The number of rotatable bonds is 1. The van der Waals surface area contributed by atoms with Crippen molar-refractivity contribution in [3.63, 3.8) is 0 Å². The first-order chi connectivity index (χ1) is 6.50. The molecular weight excluding hydrogens is 255 g/mol. The zero-order valence-electron chi connectivity index (χ0n) is 6.88. The normalized spacial score (nSPS) is 9.57. The molecule has 3 N–H and O–H groups in total. The van der Waals surface area contributed by atoms with Gasteiger partial charge < -0.3 is 5.73 Å². The van der Waals surface area contributed by atoms with E-state index in [2.05, 4.69) is 15.9 Å². The number of imide groups is 1. The molecule has 0 aliphatic carbocycles. The lowest BCUT2D eigenvalue weighted by atomic mass is 10.2. The molecule has 6 heteroatoms. The van der Waals surface area contributed by atoms with Crippen molar-refractivity contribution < 1.29 is 14.0 Å². The summed E-state index contributed by atoms with van der Waals surface area (Å²) in [6.45, 7) is 0. The Balaban J connectivity index is 2.91. The minimum absolute atomic E-state index is 0.0319. The van der Waals surface area contributed by atoms with E-state index in [9.17, 15) is 14.0 Å². The van der Waals surface area contributed by atoms with Crippen LogP contribution < -0.4 is 11.1 Å². The standard InChI is InChI=1S/C8H6BrFN2O2/c9-5-2-1-4(3-6(5)10)7(13)12-8(11)14/h1-3H,(H3,11,12,13,14). The quantitative estimate of drug-likeness (QED) is 0.801. The van der Waals surface area contributed by atoms with Crippen LogP contribution in [0.5, 0.6) is 0 Å². The van der Waals surface area contributed by atoms with Crippen LogP contribution in [0.15, 0.2) is 22.7 Å². The molecule has 0 aromatic heterocycles. The second kappa shape index (κ2) is 4.19. The Bertz CT molecular complexity index is 395. The molecule has 0 fully saturated rings. The van der Waals surface area contributed by atoms with Gasteiger partial charge in [-0.25, -0.2) is 9.18 Å². The Kier molecular flexibility index (Phi) is 3.19. The topological polar surface area (TPSA) is 72.2 Å². The van der Waals surface area contributed by atoms with E-state index in [4.69, 9.17) is 5.73 Å². The third kappa shape index (κ3) is 2.53. The fourth-order valence-electron chi connectivity index (χ4n) is 0.821. The van der Waals surface area contributed by atoms with Gasteiger partial charge in [-0.1, -0.05) is 0 Å². The molecule has 0 radical (unpaired) electrons. The van der Waals surface area contributed by atoms with E-state index < -0.39 is 17.8 Å². The number of benzene rings is 1. The molecule has 0 aliphatic heterocycles. The summed E-state index contributed by atoms with van der Waals surface area (Å²) in [4.78, 5) is 21.4. The molecule has 0 bridgehead atoms. The van der Waals surface area contributed by atoms with E-state index in [0.717, 1.165) is 6.07 Å². The van der Waals surface area contributed by atoms with Gasteiger partial charge in [0.05, 0.1) is 4.47 Å². The molecule has 4 nitrogen and oxygen atoms in total. The molecule has 1 rings (SSSR count). The van der Waals surface area contributed by atoms with Gasteiger partial charge in [0.1, 0.15) is 5.82 Å². The number of nitrogens with one attached hydrogen (secondary N) is 1. The van der Waals surface area contributed by atoms with Crippen LogP contribution in [0, 0.1) is 5.82 Å². The van der Waals surface area contributed by atoms with Gasteiger partial charge in [0.15, 0.2) is 0 Å². The summed E-state index contributed by atoms with van der Waals surface area (Å²) >= 11 is 2.93. The highest BCUT2D eigenvalue weighted by molar-refractivity contribution is 9.10. The number of urea groups is 1. The predicted octanol–water partition coefficient (Wildman–Crippen LogP) is 1.40. The Labute approximate surface area is 87.4 Å². The molecule has 74 valence electrons. The average Bonchev–Trinajstić information content (AvgIpc) is 2.08. The summed E-state index contributed by atoms with van der Waals surface area (Å²) < 4.78 is 13.2. The monoisotopic (exact) mass is 260 g/mol. The molecule has 14 heavy (non-hydrogen) atoms. The smallest absolute Gasteiger partial charge is 0.319 e. The Morgan fingerprint density at radius 1 is 1.43 bits per heavy atom. The second-order valence-corrected chi connectivity index (χ2v) is 3.30. The van der Waals surface area contributed by atoms with E-state index in [0.29, 0.717) is 0 Å². The lowest BCUT2D eigenvalue weighted by Crippen LogP contribution is -2.34. The van der Waals surface area contributed by atoms with Crippen molar-refractivity contribution in [2.45, 2.75) is 0 Å². The van der Waals surface area contributed by atoms with Crippen LogP contribution in [0.4, 0.5) is 9.18 Å². The van der Waals surface area contributed by atoms with E-state index in [1.54, 1.807) is 0 Å². The minimum atomic E-state index is -0.974. The molecule has 0 unspecified atom stereocenters. The number of amides is 3. The lowest BCUT2D eigenvalue weighted by Gasteiger charge is -2.01. The molecule has 3 amide bonds. The number of primary amides is 1. The molecule has 1 aromatic carbocycles. The van der Waals surface area contributed by atoms with Crippen LogP contribution in [-0.4, -0.2) is 11.9 Å². The summed E-state index contributed by atoms with van der Waals surface area (Å²) in [6.07, 6.45) is 0. The number of hydrogen-bond acceptors (Lipinski definition) is 2. The maximum atomic E-state index is 12.9. The number of carbonyl (C=O) groups excluding carboxylic acids is 2. The molecule has 1 aromatic rings. The van der Waals surface area contributed by atoms with Gasteiger partial charge in [0.25, 0.3) is 5.91 Å². The fraction of sp³-hybridized carbons (Fsp3) is 0. The largest absolute Gasteiger partial charge is 0.351 e. The Morgan fingerprint density at radius 3 is 2.57 bits per heavy atom. The van der Waals surface area contributed by atoms with Crippen molar-refractivity contribution in [3.8, 4) is 0 Å². The fourth-order valence-corrected chi connectivity index (χ4v) is 1.07. The summed E-state index contributed by atoms with van der Waals surface area (Å²) in [5.41, 5.74) is 4.76. The SMILES string of the molecule is NC(=O)NC(=O)c1ccc(Br)c(F)c1. The first-order valence-electron chi connectivity index (χ1n) is 3.56. The van der Waals surface area contributed by atoms with Gasteiger partial charge in [-0.3, -0.25) is 10.1 Å². The van der Waals surface area contributed by atoms with Gasteiger partial charge >= 0.3 is 6.03 Å². The van der Waals surface area contributed by atoms with Crippen LogP contribution in [0.3, 0.4) is 0 Å². The summed E-state index contributed by atoms with van der Waals surface area (Å²) in [5, 5.41) is 1.82. The maximum absolute atomic E-state index is 12.9. The average molecular weight is 261 g/mol. The number of halogens is 2. The first-order valence-corrected chi connectivity index (χ1v) is 4.36. The van der Waals surface area contributed by atoms with Gasteiger partial charge in [-0.15, -0.1) is 0 Å². The highest BCUT2D eigenvalue weighted by atomic mass is 79.9.